The fourth-order valence-electron chi connectivity index (χ4n) is 1.24. The van der Waals surface area contributed by atoms with Crippen molar-refractivity contribution < 1.29 is 9.47 Å². The minimum atomic E-state index is 0.335. The van der Waals surface area contributed by atoms with Crippen LogP contribution in [0.25, 0.3) is 0 Å². The van der Waals surface area contributed by atoms with Crippen LogP contribution >= 0.6 is 0 Å². The Kier molecular flexibility index (Phi) is 4.58. The third-order valence-electron chi connectivity index (χ3n) is 1.90. The summed E-state index contributed by atoms with van der Waals surface area (Å²) in [6, 6.07) is 0. The van der Waals surface area contributed by atoms with Crippen molar-refractivity contribution in [1.29, 1.82) is 0 Å². The van der Waals surface area contributed by atoms with E-state index in [2.05, 4.69) is 19.2 Å². The lowest BCUT2D eigenvalue weighted by Gasteiger charge is -2.23. The van der Waals surface area contributed by atoms with Gasteiger partial charge < -0.3 is 14.8 Å². The molecule has 0 aliphatic carbocycles. The van der Waals surface area contributed by atoms with Crippen LogP contribution in [-0.2, 0) is 9.47 Å². The Bertz CT molecular complexity index is 111. The van der Waals surface area contributed by atoms with Gasteiger partial charge in [-0.1, -0.05) is 0 Å². The minimum absolute atomic E-state index is 0.335. The fraction of sp³-hybridized carbons (Fsp3) is 1.00. The van der Waals surface area contributed by atoms with Crippen LogP contribution < -0.4 is 5.32 Å². The first-order valence-electron chi connectivity index (χ1n) is 4.73. The van der Waals surface area contributed by atoms with Gasteiger partial charge in [0.25, 0.3) is 0 Å². The van der Waals surface area contributed by atoms with Crippen molar-refractivity contribution in [2.75, 3.05) is 26.3 Å². The van der Waals surface area contributed by atoms with E-state index in [1.807, 2.05) is 0 Å². The van der Waals surface area contributed by atoms with Crippen molar-refractivity contribution in [2.24, 2.45) is 0 Å². The van der Waals surface area contributed by atoms with Crippen LogP contribution in [0.5, 0.6) is 0 Å². The molecule has 0 saturated carbocycles. The first-order chi connectivity index (χ1) is 5.79. The van der Waals surface area contributed by atoms with Crippen LogP contribution in [0, 0.1) is 0 Å². The van der Waals surface area contributed by atoms with Gasteiger partial charge in [0, 0.05) is 19.7 Å². The van der Waals surface area contributed by atoms with E-state index in [-0.39, 0.29) is 0 Å². The summed E-state index contributed by atoms with van der Waals surface area (Å²) in [6.07, 6.45) is 1.70. The van der Waals surface area contributed by atoms with Gasteiger partial charge in [0.1, 0.15) is 0 Å². The van der Waals surface area contributed by atoms with Crippen molar-refractivity contribution >= 4 is 0 Å². The van der Waals surface area contributed by atoms with Crippen LogP contribution in [0.4, 0.5) is 0 Å². The molecule has 1 aliphatic heterocycles. The third-order valence-corrected chi connectivity index (χ3v) is 1.90. The van der Waals surface area contributed by atoms with Crippen molar-refractivity contribution in [2.45, 2.75) is 32.5 Å². The summed E-state index contributed by atoms with van der Waals surface area (Å²) in [5.41, 5.74) is 0. The number of ether oxygens (including phenoxy) is 2. The highest BCUT2D eigenvalue weighted by molar-refractivity contribution is 4.66. The quantitative estimate of drug-likeness (QED) is 0.682. The van der Waals surface area contributed by atoms with Gasteiger partial charge in [-0.05, 0) is 20.3 Å². The number of rotatable bonds is 4. The summed E-state index contributed by atoms with van der Waals surface area (Å²) >= 11 is 0. The zero-order valence-electron chi connectivity index (χ0n) is 8.01. The van der Waals surface area contributed by atoms with Crippen molar-refractivity contribution in [3.63, 3.8) is 0 Å². The van der Waals surface area contributed by atoms with Gasteiger partial charge in [0.2, 0.25) is 0 Å². The maximum atomic E-state index is 5.52. The second-order valence-electron chi connectivity index (χ2n) is 3.41. The molecule has 1 unspecified atom stereocenters. The maximum Gasteiger partial charge on any atom is 0.0722 e. The molecule has 1 N–H and O–H groups in total. The normalized spacial score (nSPS) is 24.8. The Labute approximate surface area is 74.4 Å². The lowest BCUT2D eigenvalue weighted by Crippen LogP contribution is -2.39. The van der Waals surface area contributed by atoms with Gasteiger partial charge >= 0.3 is 0 Å². The summed E-state index contributed by atoms with van der Waals surface area (Å²) < 4.78 is 11.0. The first-order valence-corrected chi connectivity index (χ1v) is 4.73. The molecular formula is C9H19NO2. The highest BCUT2D eigenvalue weighted by Gasteiger charge is 2.12. The topological polar surface area (TPSA) is 30.5 Å². The van der Waals surface area contributed by atoms with E-state index in [4.69, 9.17) is 9.47 Å². The molecule has 1 fully saturated rings. The van der Waals surface area contributed by atoms with Crippen LogP contribution in [0.1, 0.15) is 20.3 Å². The lowest BCUT2D eigenvalue weighted by atomic mass is 10.2. The number of morpholine rings is 1. The summed E-state index contributed by atoms with van der Waals surface area (Å²) in [7, 11) is 0. The Morgan fingerprint density at radius 1 is 1.58 bits per heavy atom. The van der Waals surface area contributed by atoms with E-state index in [0.717, 1.165) is 32.7 Å². The zero-order valence-corrected chi connectivity index (χ0v) is 8.01. The van der Waals surface area contributed by atoms with Gasteiger partial charge in [-0.15, -0.1) is 0 Å². The Hall–Kier alpha value is -0.120. The zero-order chi connectivity index (χ0) is 8.81. The molecule has 1 rings (SSSR count). The fourth-order valence-corrected chi connectivity index (χ4v) is 1.24. The molecule has 1 saturated heterocycles. The largest absolute Gasteiger partial charge is 0.379 e. The lowest BCUT2D eigenvalue weighted by molar-refractivity contribution is -0.00709. The molecule has 0 aromatic heterocycles. The van der Waals surface area contributed by atoms with E-state index in [1.165, 1.54) is 0 Å². The van der Waals surface area contributed by atoms with E-state index < -0.39 is 0 Å². The molecule has 3 nitrogen and oxygen atoms in total. The van der Waals surface area contributed by atoms with Crippen molar-refractivity contribution in [3.05, 3.63) is 0 Å². The van der Waals surface area contributed by atoms with Gasteiger partial charge in [-0.2, -0.15) is 0 Å². The van der Waals surface area contributed by atoms with Gasteiger partial charge in [0.05, 0.1) is 18.8 Å². The average molecular weight is 173 g/mol. The summed E-state index contributed by atoms with van der Waals surface area (Å²) in [4.78, 5) is 0. The van der Waals surface area contributed by atoms with Crippen molar-refractivity contribution in [3.8, 4) is 0 Å². The highest BCUT2D eigenvalue weighted by Crippen LogP contribution is 2.02. The van der Waals surface area contributed by atoms with Crippen LogP contribution in [0.3, 0.4) is 0 Å². The summed E-state index contributed by atoms with van der Waals surface area (Å²) in [5, 5.41) is 3.29. The Balaban J connectivity index is 1.98. The monoisotopic (exact) mass is 173 g/mol. The number of hydrogen-bond acceptors (Lipinski definition) is 3. The van der Waals surface area contributed by atoms with E-state index in [1.54, 1.807) is 0 Å². The molecule has 0 amide bonds. The molecular weight excluding hydrogens is 154 g/mol. The molecule has 72 valence electrons. The van der Waals surface area contributed by atoms with Gasteiger partial charge in [-0.25, -0.2) is 0 Å². The Morgan fingerprint density at radius 2 is 2.42 bits per heavy atom. The molecule has 1 heterocycles. The smallest absolute Gasteiger partial charge is 0.0722 e. The van der Waals surface area contributed by atoms with E-state index >= 15 is 0 Å². The number of nitrogens with one attached hydrogen (secondary N) is 1. The molecule has 1 aliphatic rings. The molecule has 1 atom stereocenters. The van der Waals surface area contributed by atoms with Crippen LogP contribution in [-0.4, -0.2) is 38.5 Å². The van der Waals surface area contributed by atoms with Crippen LogP contribution in [0.2, 0.25) is 0 Å². The standard InChI is InChI=1S/C9H19NO2/c1-8(2)11-5-3-9-7-10-4-6-12-9/h8-10H,3-7H2,1-2H3. The predicted octanol–water partition coefficient (Wildman–Crippen LogP) is 0.790. The molecule has 0 radical (unpaired) electrons. The summed E-state index contributed by atoms with van der Waals surface area (Å²) in [6.45, 7) is 7.72. The predicted molar refractivity (Wildman–Crippen MR) is 48.3 cm³/mol. The van der Waals surface area contributed by atoms with Crippen molar-refractivity contribution in [1.82, 2.24) is 5.32 Å². The van der Waals surface area contributed by atoms with Crippen LogP contribution in [0.15, 0.2) is 0 Å². The third kappa shape index (κ3) is 4.04. The second-order valence-corrected chi connectivity index (χ2v) is 3.41. The molecule has 0 aromatic carbocycles. The molecule has 12 heavy (non-hydrogen) atoms. The van der Waals surface area contributed by atoms with Gasteiger partial charge in [-0.3, -0.25) is 0 Å². The van der Waals surface area contributed by atoms with E-state index in [0.29, 0.717) is 12.2 Å². The first kappa shape index (κ1) is 9.96. The van der Waals surface area contributed by atoms with E-state index in [9.17, 15) is 0 Å². The SMILES string of the molecule is CC(C)OCCC1CNCCO1. The Morgan fingerprint density at radius 3 is 3.00 bits per heavy atom. The average Bonchev–Trinajstić information content (AvgIpc) is 2.05. The molecule has 0 aromatic rings. The molecule has 0 bridgehead atoms. The second kappa shape index (κ2) is 5.51. The highest BCUT2D eigenvalue weighted by atomic mass is 16.5. The molecule has 3 heteroatoms. The number of hydrogen-bond donors (Lipinski definition) is 1. The minimum Gasteiger partial charge on any atom is -0.379 e. The maximum absolute atomic E-state index is 5.52. The molecule has 0 spiro atoms. The summed E-state index contributed by atoms with van der Waals surface area (Å²) in [5.74, 6) is 0. The van der Waals surface area contributed by atoms with Gasteiger partial charge in [0.15, 0.2) is 0 Å².